The fraction of sp³-hybridized carbons (Fsp3) is 0.692. The first kappa shape index (κ1) is 14.0. The van der Waals surface area contributed by atoms with E-state index in [-0.39, 0.29) is 24.7 Å². The van der Waals surface area contributed by atoms with Crippen LogP contribution >= 0.6 is 0 Å². The maximum Gasteiger partial charge on any atom is 0.247 e. The Kier molecular flexibility index (Phi) is 3.91. The van der Waals surface area contributed by atoms with Gasteiger partial charge in [-0.15, -0.1) is 0 Å². The molecule has 0 saturated carbocycles. The number of aromatic nitrogens is 2. The Labute approximate surface area is 113 Å². The molecule has 1 fully saturated rings. The minimum atomic E-state index is -0.439. The Balaban J connectivity index is 2.10. The number of aliphatic hydroxyl groups excluding tert-OH is 1. The summed E-state index contributed by atoms with van der Waals surface area (Å²) in [6.07, 6.45) is 3.11. The molecule has 1 aromatic heterocycles. The molecule has 1 aromatic rings. The zero-order chi connectivity index (χ0) is 14.0. The van der Waals surface area contributed by atoms with Crippen LogP contribution in [0.4, 0.5) is 0 Å². The van der Waals surface area contributed by atoms with Crippen LogP contribution in [0.25, 0.3) is 0 Å². The lowest BCUT2D eigenvalue weighted by atomic mass is 10.0. The minimum absolute atomic E-state index is 0.00137. The summed E-state index contributed by atoms with van der Waals surface area (Å²) in [4.78, 5) is 14.2. The van der Waals surface area contributed by atoms with E-state index in [1.54, 1.807) is 28.0 Å². The van der Waals surface area contributed by atoms with E-state index in [1.807, 2.05) is 20.8 Å². The highest BCUT2D eigenvalue weighted by atomic mass is 16.5. The molecule has 6 heteroatoms. The van der Waals surface area contributed by atoms with Crippen LogP contribution in [-0.2, 0) is 9.53 Å². The monoisotopic (exact) mass is 267 g/mol. The van der Waals surface area contributed by atoms with Gasteiger partial charge in [0.1, 0.15) is 6.04 Å². The average molecular weight is 267 g/mol. The largest absolute Gasteiger partial charge is 0.394 e. The summed E-state index contributed by atoms with van der Waals surface area (Å²) in [6.45, 7) is 6.54. The zero-order valence-corrected chi connectivity index (χ0v) is 11.6. The second kappa shape index (κ2) is 5.30. The van der Waals surface area contributed by atoms with E-state index in [0.29, 0.717) is 13.1 Å². The van der Waals surface area contributed by atoms with Crippen LogP contribution in [0.1, 0.15) is 26.8 Å². The SMILES string of the molecule is CC(C(=O)N1CC(CO)OC(C)(C)C1)n1cccn1. The van der Waals surface area contributed by atoms with Crippen LogP contribution in [-0.4, -0.2) is 57.1 Å². The van der Waals surface area contributed by atoms with Crippen molar-refractivity contribution in [2.75, 3.05) is 19.7 Å². The Morgan fingerprint density at radius 1 is 1.63 bits per heavy atom. The highest BCUT2D eigenvalue weighted by Crippen LogP contribution is 2.23. The third-order valence-electron chi connectivity index (χ3n) is 3.28. The summed E-state index contributed by atoms with van der Waals surface area (Å²) < 4.78 is 7.35. The molecule has 6 nitrogen and oxygen atoms in total. The Morgan fingerprint density at radius 3 is 2.95 bits per heavy atom. The van der Waals surface area contributed by atoms with Gasteiger partial charge in [0.15, 0.2) is 0 Å². The molecule has 106 valence electrons. The molecule has 2 rings (SSSR count). The molecule has 0 radical (unpaired) electrons. The number of nitrogens with zero attached hydrogens (tertiary/aromatic N) is 3. The summed E-state index contributed by atoms with van der Waals surface area (Å²) in [5.41, 5.74) is -0.439. The first-order valence-corrected chi connectivity index (χ1v) is 6.49. The van der Waals surface area contributed by atoms with Crippen molar-refractivity contribution in [3.8, 4) is 0 Å². The van der Waals surface area contributed by atoms with Crippen molar-refractivity contribution in [1.82, 2.24) is 14.7 Å². The average Bonchev–Trinajstić information content (AvgIpc) is 2.88. The number of amides is 1. The van der Waals surface area contributed by atoms with Gasteiger partial charge in [0.2, 0.25) is 5.91 Å². The molecule has 1 N–H and O–H groups in total. The lowest BCUT2D eigenvalue weighted by Gasteiger charge is -2.43. The zero-order valence-electron chi connectivity index (χ0n) is 11.6. The van der Waals surface area contributed by atoms with Gasteiger partial charge in [-0.25, -0.2) is 0 Å². The van der Waals surface area contributed by atoms with Gasteiger partial charge in [-0.2, -0.15) is 5.10 Å². The molecule has 19 heavy (non-hydrogen) atoms. The number of aliphatic hydroxyl groups is 1. The number of rotatable bonds is 3. The standard InChI is InChI=1S/C13H21N3O3/c1-10(16-6-4-5-14-16)12(18)15-7-11(8-17)19-13(2,3)9-15/h4-6,10-11,17H,7-9H2,1-3H3. The molecule has 0 spiro atoms. The molecule has 2 unspecified atom stereocenters. The second-order valence-corrected chi connectivity index (χ2v) is 5.56. The first-order chi connectivity index (χ1) is 8.93. The first-order valence-electron chi connectivity index (χ1n) is 6.49. The molecule has 0 aliphatic carbocycles. The van der Waals surface area contributed by atoms with Crippen LogP contribution < -0.4 is 0 Å². The van der Waals surface area contributed by atoms with Crippen LogP contribution in [0.2, 0.25) is 0 Å². The van der Waals surface area contributed by atoms with Crippen molar-refractivity contribution < 1.29 is 14.6 Å². The highest BCUT2D eigenvalue weighted by molar-refractivity contribution is 5.80. The van der Waals surface area contributed by atoms with Gasteiger partial charge in [0.05, 0.1) is 18.3 Å². The fourth-order valence-electron chi connectivity index (χ4n) is 2.45. The molecular weight excluding hydrogens is 246 g/mol. The normalized spacial score (nSPS) is 24.2. The number of hydrogen-bond donors (Lipinski definition) is 1. The number of carbonyl (C=O) groups excluding carboxylic acids is 1. The van der Waals surface area contributed by atoms with Gasteiger partial charge in [0.25, 0.3) is 0 Å². The Morgan fingerprint density at radius 2 is 2.37 bits per heavy atom. The predicted molar refractivity (Wildman–Crippen MR) is 69.6 cm³/mol. The predicted octanol–water partition coefficient (Wildman–Crippen LogP) is 0.442. The van der Waals surface area contributed by atoms with Crippen molar-refractivity contribution in [1.29, 1.82) is 0 Å². The molecule has 1 amide bonds. The summed E-state index contributed by atoms with van der Waals surface area (Å²) in [5, 5.41) is 13.4. The van der Waals surface area contributed by atoms with Crippen LogP contribution in [0.3, 0.4) is 0 Å². The van der Waals surface area contributed by atoms with Crippen molar-refractivity contribution in [3.63, 3.8) is 0 Å². The summed E-state index contributed by atoms with van der Waals surface area (Å²) in [6, 6.07) is 1.45. The van der Waals surface area contributed by atoms with Crippen molar-refractivity contribution in [2.45, 2.75) is 38.5 Å². The van der Waals surface area contributed by atoms with Crippen LogP contribution in [0.5, 0.6) is 0 Å². The molecular formula is C13H21N3O3. The molecule has 1 saturated heterocycles. The van der Waals surface area contributed by atoms with E-state index in [2.05, 4.69) is 5.10 Å². The van der Waals surface area contributed by atoms with E-state index < -0.39 is 5.60 Å². The summed E-state index contributed by atoms with van der Waals surface area (Å²) >= 11 is 0. The third-order valence-corrected chi connectivity index (χ3v) is 3.28. The van der Waals surface area contributed by atoms with E-state index in [1.165, 1.54) is 0 Å². The molecule has 0 bridgehead atoms. The summed E-state index contributed by atoms with van der Waals surface area (Å²) in [7, 11) is 0. The van der Waals surface area contributed by atoms with Gasteiger partial charge < -0.3 is 14.7 Å². The molecule has 1 aliphatic rings. The van der Waals surface area contributed by atoms with Crippen LogP contribution in [0, 0.1) is 0 Å². The van der Waals surface area contributed by atoms with E-state index in [4.69, 9.17) is 4.74 Å². The molecule has 2 heterocycles. The number of hydrogen-bond acceptors (Lipinski definition) is 4. The van der Waals surface area contributed by atoms with Crippen molar-refractivity contribution >= 4 is 5.91 Å². The fourth-order valence-corrected chi connectivity index (χ4v) is 2.45. The van der Waals surface area contributed by atoms with E-state index >= 15 is 0 Å². The number of carbonyl (C=O) groups is 1. The number of morpholine rings is 1. The Bertz CT molecular complexity index is 430. The maximum atomic E-state index is 12.5. The number of ether oxygens (including phenoxy) is 1. The lowest BCUT2D eigenvalue weighted by molar-refractivity contribution is -0.169. The van der Waals surface area contributed by atoms with Gasteiger partial charge in [-0.3, -0.25) is 9.48 Å². The van der Waals surface area contributed by atoms with E-state index in [0.717, 1.165) is 0 Å². The summed E-state index contributed by atoms with van der Waals surface area (Å²) in [5.74, 6) is -0.00137. The second-order valence-electron chi connectivity index (χ2n) is 5.56. The smallest absolute Gasteiger partial charge is 0.247 e. The van der Waals surface area contributed by atoms with Gasteiger partial charge in [-0.05, 0) is 26.8 Å². The van der Waals surface area contributed by atoms with Crippen LogP contribution in [0.15, 0.2) is 18.5 Å². The van der Waals surface area contributed by atoms with Gasteiger partial charge in [0, 0.05) is 25.5 Å². The maximum absolute atomic E-state index is 12.5. The van der Waals surface area contributed by atoms with Crippen molar-refractivity contribution in [3.05, 3.63) is 18.5 Å². The minimum Gasteiger partial charge on any atom is -0.394 e. The molecule has 0 aromatic carbocycles. The van der Waals surface area contributed by atoms with Gasteiger partial charge in [-0.1, -0.05) is 0 Å². The quantitative estimate of drug-likeness (QED) is 0.863. The Hall–Kier alpha value is -1.40. The van der Waals surface area contributed by atoms with Crippen molar-refractivity contribution in [2.24, 2.45) is 0 Å². The third kappa shape index (κ3) is 3.13. The molecule has 1 aliphatic heterocycles. The lowest BCUT2D eigenvalue weighted by Crippen LogP contribution is -2.56. The van der Waals surface area contributed by atoms with E-state index in [9.17, 15) is 9.90 Å². The molecule has 2 atom stereocenters. The van der Waals surface area contributed by atoms with Gasteiger partial charge >= 0.3 is 0 Å². The highest BCUT2D eigenvalue weighted by Gasteiger charge is 2.36. The topological polar surface area (TPSA) is 67.6 Å².